The molecule has 3 N–H and O–H groups in total. The summed E-state index contributed by atoms with van der Waals surface area (Å²) in [5.41, 5.74) is 0. The van der Waals surface area contributed by atoms with Crippen LogP contribution in [0.4, 0.5) is 0 Å². The van der Waals surface area contributed by atoms with Crippen LogP contribution in [0.25, 0.3) is 0 Å². The predicted octanol–water partition coefficient (Wildman–Crippen LogP) is 13.0. The van der Waals surface area contributed by atoms with Gasteiger partial charge in [-0.15, -0.1) is 0 Å². The van der Waals surface area contributed by atoms with Crippen LogP contribution in [0.1, 0.15) is 181 Å². The van der Waals surface area contributed by atoms with Crippen LogP contribution in [0.5, 0.6) is 0 Å². The number of aliphatic hydroxyl groups excluding tert-OH is 2. The molecule has 3 atom stereocenters. The molecule has 0 radical (unpaired) electrons. The minimum absolute atomic E-state index is 0.0520. The fourth-order valence-electron chi connectivity index (χ4n) is 5.98. The molecule has 11 heteroatoms. The minimum atomic E-state index is -4.65. The third-order valence-corrected chi connectivity index (χ3v) is 10.5. The normalized spacial score (nSPS) is 14.5. The molecule has 0 saturated heterocycles. The van der Waals surface area contributed by atoms with E-state index in [9.17, 15) is 24.2 Å². The first-order valence-corrected chi connectivity index (χ1v) is 25.0. The van der Waals surface area contributed by atoms with Crippen molar-refractivity contribution in [3.63, 3.8) is 0 Å². The van der Waals surface area contributed by atoms with Crippen LogP contribution in [0.2, 0.25) is 0 Å². The molecule has 0 bridgehead atoms. The van der Waals surface area contributed by atoms with Crippen molar-refractivity contribution in [2.45, 2.75) is 193 Å². The minimum Gasteiger partial charge on any atom is -0.462 e. The molecule has 0 amide bonds. The molecule has 0 aliphatic rings. The van der Waals surface area contributed by atoms with Gasteiger partial charge in [0.05, 0.1) is 26.2 Å². The molecule has 0 aromatic rings. The lowest BCUT2D eigenvalue weighted by Gasteiger charge is -2.20. The van der Waals surface area contributed by atoms with Gasteiger partial charge in [-0.25, -0.2) is 4.57 Å². The highest BCUT2D eigenvalue weighted by molar-refractivity contribution is 7.47. The average Bonchev–Trinajstić information content (AvgIpc) is 3.25. The van der Waals surface area contributed by atoms with E-state index >= 15 is 0 Å². The van der Waals surface area contributed by atoms with Gasteiger partial charge in [0, 0.05) is 6.42 Å². The van der Waals surface area contributed by atoms with Crippen molar-refractivity contribution in [1.82, 2.24) is 0 Å². The zero-order chi connectivity index (χ0) is 44.8. The number of carbonyl (C=O) groups is 2. The number of rotatable bonds is 43. The van der Waals surface area contributed by atoms with Crippen LogP contribution in [-0.4, -0.2) is 65.7 Å². The fraction of sp³-hybridized carbons (Fsp3) is 0.680. The predicted molar refractivity (Wildman–Crippen MR) is 251 cm³/mol. The Kier molecular flexibility index (Phi) is 43.1. The van der Waals surface area contributed by atoms with Crippen LogP contribution in [0.3, 0.4) is 0 Å². The highest BCUT2D eigenvalue weighted by Crippen LogP contribution is 2.43. The second-order valence-electron chi connectivity index (χ2n) is 15.4. The van der Waals surface area contributed by atoms with Crippen LogP contribution in [-0.2, 0) is 32.7 Å². The Morgan fingerprint density at radius 1 is 0.525 bits per heavy atom. The number of carbonyl (C=O) groups excluding carboxylic acids is 2. The van der Waals surface area contributed by atoms with Gasteiger partial charge in [-0.2, -0.15) is 0 Å². The average molecular weight is 877 g/mol. The molecular formula is C50H85O10P. The largest absolute Gasteiger partial charge is 0.472 e. The summed E-state index contributed by atoms with van der Waals surface area (Å²) in [5.74, 6) is -1.08. The van der Waals surface area contributed by atoms with Gasteiger partial charge >= 0.3 is 19.8 Å². The second-order valence-corrected chi connectivity index (χ2v) is 16.9. The molecule has 350 valence electrons. The molecular weight excluding hydrogens is 792 g/mol. The molecule has 0 aromatic carbocycles. The molecule has 61 heavy (non-hydrogen) atoms. The van der Waals surface area contributed by atoms with Crippen molar-refractivity contribution in [1.29, 1.82) is 0 Å². The fourth-order valence-corrected chi connectivity index (χ4v) is 6.77. The first-order valence-electron chi connectivity index (χ1n) is 23.5. The van der Waals surface area contributed by atoms with E-state index in [1.54, 1.807) is 6.08 Å². The summed E-state index contributed by atoms with van der Waals surface area (Å²) in [6, 6.07) is 0. The molecule has 0 fully saturated rings. The Bertz CT molecular complexity index is 1280. The summed E-state index contributed by atoms with van der Waals surface area (Å²) in [6.45, 7) is 2.14. The van der Waals surface area contributed by atoms with Crippen molar-refractivity contribution in [2.75, 3.05) is 26.4 Å². The van der Waals surface area contributed by atoms with E-state index in [2.05, 4.69) is 79.1 Å². The maximum atomic E-state index is 12.6. The molecule has 0 aromatic heterocycles. The number of hydrogen-bond donors (Lipinski definition) is 3. The summed E-state index contributed by atoms with van der Waals surface area (Å²) in [5, 5.41) is 18.3. The third kappa shape index (κ3) is 45.0. The zero-order valence-corrected chi connectivity index (χ0v) is 39.0. The molecule has 3 unspecified atom stereocenters. The van der Waals surface area contributed by atoms with Gasteiger partial charge in [-0.1, -0.05) is 182 Å². The van der Waals surface area contributed by atoms with Gasteiger partial charge in [-0.05, 0) is 70.6 Å². The van der Waals surface area contributed by atoms with Gasteiger partial charge < -0.3 is 24.6 Å². The monoisotopic (exact) mass is 877 g/mol. The summed E-state index contributed by atoms with van der Waals surface area (Å²) in [4.78, 5) is 35.0. The molecule has 0 aliphatic carbocycles. The SMILES string of the molecule is CC/C=C\C/C=C\C/C=C\C/C=C\C/C=C\CC(=O)OC(COC(=O)CCCCCCCCCCCCC/C=C\C/C=C\CCCCCCC)COP(=O)(O)OCC(O)CO. The molecule has 0 aliphatic heterocycles. The van der Waals surface area contributed by atoms with Crippen molar-refractivity contribution >= 4 is 19.8 Å². The first kappa shape index (κ1) is 58.1. The lowest BCUT2D eigenvalue weighted by atomic mass is 10.0. The van der Waals surface area contributed by atoms with Crippen LogP contribution >= 0.6 is 7.82 Å². The van der Waals surface area contributed by atoms with Crippen LogP contribution < -0.4 is 0 Å². The number of aliphatic hydroxyl groups is 2. The lowest BCUT2D eigenvalue weighted by Crippen LogP contribution is -2.29. The van der Waals surface area contributed by atoms with Gasteiger partial charge in [0.2, 0.25) is 0 Å². The number of unbranched alkanes of at least 4 members (excludes halogenated alkanes) is 16. The van der Waals surface area contributed by atoms with E-state index in [-0.39, 0.29) is 19.4 Å². The third-order valence-electron chi connectivity index (χ3n) is 9.57. The first-order chi connectivity index (χ1) is 29.7. The Morgan fingerprint density at radius 2 is 0.951 bits per heavy atom. The topological polar surface area (TPSA) is 149 Å². The standard InChI is InChI=1S/C50H85O10P/c1-3-5-7-9-11-13-15-17-19-20-21-22-23-24-25-26-28-29-31-33-35-37-39-41-49(53)57-45-48(46-59-61(55,56)58-44-47(52)43-51)60-50(54)42-40-38-36-34-32-30-27-18-16-14-12-10-8-6-4-2/h6,8,12,14-15,17-18,20-21,27,32,34,38,40,47-48,51-52H,3-5,7,9-11,13,16,19,22-26,28-31,33,35-37,39,41-46H2,1-2H3,(H,55,56)/b8-6-,14-12-,17-15-,21-20-,27-18-,34-32-,40-38-. The number of ether oxygens (including phenoxy) is 2. The number of phosphoric ester groups is 1. The molecule has 10 nitrogen and oxygen atoms in total. The highest BCUT2D eigenvalue weighted by atomic mass is 31.2. The van der Waals surface area contributed by atoms with Crippen molar-refractivity contribution in [3.05, 3.63) is 85.1 Å². The van der Waals surface area contributed by atoms with E-state index in [1.807, 2.05) is 18.2 Å². The number of esters is 2. The number of hydrogen-bond acceptors (Lipinski definition) is 9. The Morgan fingerprint density at radius 3 is 1.44 bits per heavy atom. The van der Waals surface area contributed by atoms with Crippen LogP contribution in [0, 0.1) is 0 Å². The molecule has 0 saturated carbocycles. The zero-order valence-electron chi connectivity index (χ0n) is 38.1. The smallest absolute Gasteiger partial charge is 0.462 e. The lowest BCUT2D eigenvalue weighted by molar-refractivity contribution is -0.160. The number of allylic oxidation sites excluding steroid dienone is 13. The van der Waals surface area contributed by atoms with Crippen molar-refractivity contribution in [3.8, 4) is 0 Å². The Labute approximate surface area is 371 Å². The number of phosphoric acid groups is 1. The Balaban J connectivity index is 4.29. The van der Waals surface area contributed by atoms with E-state index < -0.39 is 51.8 Å². The molecule has 0 spiro atoms. The summed E-state index contributed by atoms with van der Waals surface area (Å²) in [7, 11) is -4.65. The van der Waals surface area contributed by atoms with Gasteiger partial charge in [0.15, 0.2) is 6.10 Å². The van der Waals surface area contributed by atoms with Gasteiger partial charge in [0.1, 0.15) is 12.7 Å². The second kappa shape index (κ2) is 45.2. The summed E-state index contributed by atoms with van der Waals surface area (Å²) < 4.78 is 32.6. The van der Waals surface area contributed by atoms with Crippen molar-refractivity contribution in [2.24, 2.45) is 0 Å². The summed E-state index contributed by atoms with van der Waals surface area (Å²) >= 11 is 0. The van der Waals surface area contributed by atoms with Crippen LogP contribution in [0.15, 0.2) is 85.1 Å². The highest BCUT2D eigenvalue weighted by Gasteiger charge is 2.27. The Hall–Kier alpha value is -2.85. The maximum Gasteiger partial charge on any atom is 0.472 e. The molecule has 0 rings (SSSR count). The van der Waals surface area contributed by atoms with E-state index in [0.29, 0.717) is 12.8 Å². The van der Waals surface area contributed by atoms with E-state index in [0.717, 1.165) is 51.4 Å². The van der Waals surface area contributed by atoms with E-state index in [4.69, 9.17) is 19.1 Å². The van der Waals surface area contributed by atoms with Crippen molar-refractivity contribution < 1.29 is 47.8 Å². The summed E-state index contributed by atoms with van der Waals surface area (Å²) in [6.07, 6.45) is 54.4. The van der Waals surface area contributed by atoms with Gasteiger partial charge in [0.25, 0.3) is 0 Å². The maximum absolute atomic E-state index is 12.6. The van der Waals surface area contributed by atoms with E-state index in [1.165, 1.54) is 89.9 Å². The molecule has 0 heterocycles. The quantitative estimate of drug-likeness (QED) is 0.0234. The van der Waals surface area contributed by atoms with Gasteiger partial charge in [-0.3, -0.25) is 18.6 Å².